The minimum Gasteiger partial charge on any atom is -0.497 e. The van der Waals surface area contributed by atoms with E-state index >= 15 is 0 Å². The van der Waals surface area contributed by atoms with Gasteiger partial charge in [-0.2, -0.15) is 0 Å². The molecule has 1 aliphatic heterocycles. The van der Waals surface area contributed by atoms with E-state index in [1.54, 1.807) is 7.11 Å². The molecule has 0 bridgehead atoms. The lowest BCUT2D eigenvalue weighted by Crippen LogP contribution is -2.53. The van der Waals surface area contributed by atoms with E-state index in [1.165, 1.54) is 30.4 Å². The predicted octanol–water partition coefficient (Wildman–Crippen LogP) is 3.27. The van der Waals surface area contributed by atoms with Crippen LogP contribution < -0.4 is 10.5 Å². The molecule has 20 heavy (non-hydrogen) atoms. The molecule has 2 N–H and O–H groups in total. The lowest BCUT2D eigenvalue weighted by atomic mass is 9.84. The second-order valence-corrected chi connectivity index (χ2v) is 6.40. The van der Waals surface area contributed by atoms with E-state index in [2.05, 4.69) is 37.8 Å². The summed E-state index contributed by atoms with van der Waals surface area (Å²) in [6, 6.07) is 6.21. The minimum absolute atomic E-state index is 0.0141. The van der Waals surface area contributed by atoms with Gasteiger partial charge in [-0.05, 0) is 70.0 Å². The van der Waals surface area contributed by atoms with Crippen LogP contribution in [0.3, 0.4) is 0 Å². The molecule has 1 aromatic carbocycles. The normalized spacial score (nSPS) is 18.9. The predicted molar refractivity (Wildman–Crippen MR) is 84.2 cm³/mol. The number of methoxy groups -OCH3 is 1. The molecule has 3 heteroatoms. The highest BCUT2D eigenvalue weighted by atomic mass is 16.5. The van der Waals surface area contributed by atoms with Gasteiger partial charge in [0, 0.05) is 11.6 Å². The van der Waals surface area contributed by atoms with E-state index in [4.69, 9.17) is 10.5 Å². The number of aryl methyl sites for hydroxylation is 1. The number of ether oxygens (including phenoxy) is 1. The third-order valence-electron chi connectivity index (χ3n) is 4.74. The van der Waals surface area contributed by atoms with Gasteiger partial charge >= 0.3 is 0 Å². The molecule has 0 amide bonds. The zero-order chi connectivity index (χ0) is 14.8. The molecule has 0 radical (unpaired) electrons. The number of piperidine rings is 1. The molecule has 3 nitrogen and oxygen atoms in total. The topological polar surface area (TPSA) is 38.5 Å². The Kier molecular flexibility index (Phi) is 4.71. The standard InChI is InChI=1S/C17H28N2O/c1-13-12-14(20-4)8-9-15(13)16(18)17(2,3)19-10-6-5-7-11-19/h8-9,12,16H,5-7,10-11,18H2,1-4H3. The van der Waals surface area contributed by atoms with Gasteiger partial charge in [0.1, 0.15) is 5.75 Å². The van der Waals surface area contributed by atoms with Crippen LogP contribution in [0.1, 0.15) is 50.3 Å². The SMILES string of the molecule is COc1ccc(C(N)C(C)(C)N2CCCCC2)c(C)c1. The first kappa shape index (κ1) is 15.3. The summed E-state index contributed by atoms with van der Waals surface area (Å²) in [7, 11) is 1.70. The Morgan fingerprint density at radius 3 is 2.40 bits per heavy atom. The van der Waals surface area contributed by atoms with Crippen LogP contribution in [0.5, 0.6) is 5.75 Å². The molecule has 1 heterocycles. The molecule has 1 unspecified atom stereocenters. The summed E-state index contributed by atoms with van der Waals surface area (Å²) >= 11 is 0. The maximum Gasteiger partial charge on any atom is 0.119 e. The summed E-state index contributed by atoms with van der Waals surface area (Å²) in [5.41, 5.74) is 9.03. The zero-order valence-corrected chi connectivity index (χ0v) is 13.3. The Labute approximate surface area is 123 Å². The lowest BCUT2D eigenvalue weighted by molar-refractivity contribution is 0.0728. The van der Waals surface area contributed by atoms with Crippen LogP contribution in [0.25, 0.3) is 0 Å². The van der Waals surface area contributed by atoms with Gasteiger partial charge in [0.2, 0.25) is 0 Å². The molecular weight excluding hydrogens is 248 g/mol. The van der Waals surface area contributed by atoms with Crippen molar-refractivity contribution in [3.63, 3.8) is 0 Å². The van der Waals surface area contributed by atoms with Crippen molar-refractivity contribution in [2.75, 3.05) is 20.2 Å². The number of rotatable bonds is 4. The van der Waals surface area contributed by atoms with Crippen molar-refractivity contribution in [3.05, 3.63) is 29.3 Å². The van der Waals surface area contributed by atoms with Crippen LogP contribution in [0.15, 0.2) is 18.2 Å². The highest BCUT2D eigenvalue weighted by molar-refractivity contribution is 5.37. The highest BCUT2D eigenvalue weighted by Gasteiger charge is 2.35. The Balaban J connectivity index is 2.22. The number of nitrogens with zero attached hydrogens (tertiary/aromatic N) is 1. The van der Waals surface area contributed by atoms with E-state index in [1.807, 2.05) is 6.07 Å². The van der Waals surface area contributed by atoms with Gasteiger partial charge in [0.25, 0.3) is 0 Å². The van der Waals surface area contributed by atoms with Crippen molar-refractivity contribution in [2.24, 2.45) is 5.73 Å². The monoisotopic (exact) mass is 276 g/mol. The van der Waals surface area contributed by atoms with Crippen molar-refractivity contribution in [3.8, 4) is 5.75 Å². The summed E-state index contributed by atoms with van der Waals surface area (Å²) in [5, 5.41) is 0. The second-order valence-electron chi connectivity index (χ2n) is 6.40. The van der Waals surface area contributed by atoms with Gasteiger partial charge in [-0.15, -0.1) is 0 Å². The summed E-state index contributed by atoms with van der Waals surface area (Å²) in [4.78, 5) is 2.55. The second kappa shape index (κ2) is 6.15. The average molecular weight is 276 g/mol. The van der Waals surface area contributed by atoms with Crippen LogP contribution in [0.4, 0.5) is 0 Å². The molecule has 0 saturated carbocycles. The largest absolute Gasteiger partial charge is 0.497 e. The number of hydrogen-bond acceptors (Lipinski definition) is 3. The fourth-order valence-electron chi connectivity index (χ4n) is 3.17. The lowest BCUT2D eigenvalue weighted by Gasteiger charge is -2.45. The molecule has 1 atom stereocenters. The van der Waals surface area contributed by atoms with Crippen LogP contribution in [-0.4, -0.2) is 30.6 Å². The van der Waals surface area contributed by atoms with E-state index in [9.17, 15) is 0 Å². The quantitative estimate of drug-likeness (QED) is 0.917. The number of nitrogens with two attached hydrogens (primary N) is 1. The van der Waals surface area contributed by atoms with E-state index in [-0.39, 0.29) is 11.6 Å². The minimum atomic E-state index is -0.0141. The first-order chi connectivity index (χ1) is 9.46. The first-order valence-corrected chi connectivity index (χ1v) is 7.62. The van der Waals surface area contributed by atoms with Crippen molar-refractivity contribution >= 4 is 0 Å². The van der Waals surface area contributed by atoms with Crippen molar-refractivity contribution in [2.45, 2.75) is 51.6 Å². The Hall–Kier alpha value is -1.06. The third-order valence-corrected chi connectivity index (χ3v) is 4.74. The highest BCUT2D eigenvalue weighted by Crippen LogP contribution is 2.33. The number of benzene rings is 1. The van der Waals surface area contributed by atoms with Gasteiger partial charge in [-0.25, -0.2) is 0 Å². The molecule has 2 rings (SSSR count). The molecule has 112 valence electrons. The van der Waals surface area contributed by atoms with E-state index < -0.39 is 0 Å². The fraction of sp³-hybridized carbons (Fsp3) is 0.647. The first-order valence-electron chi connectivity index (χ1n) is 7.62. The average Bonchev–Trinajstić information content (AvgIpc) is 2.47. The Morgan fingerprint density at radius 1 is 1.20 bits per heavy atom. The molecule has 1 saturated heterocycles. The summed E-state index contributed by atoms with van der Waals surface area (Å²) in [6.07, 6.45) is 3.93. The van der Waals surface area contributed by atoms with Crippen molar-refractivity contribution in [1.82, 2.24) is 4.90 Å². The van der Waals surface area contributed by atoms with Gasteiger partial charge in [0.05, 0.1) is 7.11 Å². The van der Waals surface area contributed by atoms with Gasteiger partial charge < -0.3 is 10.5 Å². The number of likely N-dealkylation sites (tertiary alicyclic amines) is 1. The molecule has 1 aliphatic rings. The van der Waals surface area contributed by atoms with Gasteiger partial charge in [-0.3, -0.25) is 4.90 Å². The maximum absolute atomic E-state index is 6.61. The summed E-state index contributed by atoms with van der Waals surface area (Å²) in [6.45, 7) is 8.98. The van der Waals surface area contributed by atoms with Crippen LogP contribution in [0, 0.1) is 6.92 Å². The van der Waals surface area contributed by atoms with E-state index in [0.29, 0.717) is 0 Å². The van der Waals surface area contributed by atoms with Crippen LogP contribution >= 0.6 is 0 Å². The van der Waals surface area contributed by atoms with Crippen molar-refractivity contribution < 1.29 is 4.74 Å². The van der Waals surface area contributed by atoms with Gasteiger partial charge in [-0.1, -0.05) is 12.5 Å². The van der Waals surface area contributed by atoms with E-state index in [0.717, 1.165) is 18.8 Å². The van der Waals surface area contributed by atoms with Crippen LogP contribution in [-0.2, 0) is 0 Å². The molecule has 0 spiro atoms. The van der Waals surface area contributed by atoms with Gasteiger partial charge in [0.15, 0.2) is 0 Å². The Bertz CT molecular complexity index is 450. The number of hydrogen-bond donors (Lipinski definition) is 1. The molecule has 0 aliphatic carbocycles. The third kappa shape index (κ3) is 2.99. The Morgan fingerprint density at radius 2 is 1.85 bits per heavy atom. The molecule has 1 aromatic rings. The zero-order valence-electron chi connectivity index (χ0n) is 13.3. The molecule has 0 aromatic heterocycles. The van der Waals surface area contributed by atoms with Crippen molar-refractivity contribution in [1.29, 1.82) is 0 Å². The maximum atomic E-state index is 6.61. The molecular formula is C17H28N2O. The smallest absolute Gasteiger partial charge is 0.119 e. The summed E-state index contributed by atoms with van der Waals surface area (Å²) < 4.78 is 5.28. The summed E-state index contributed by atoms with van der Waals surface area (Å²) in [5.74, 6) is 0.897. The fourth-order valence-corrected chi connectivity index (χ4v) is 3.17. The molecule has 1 fully saturated rings. The van der Waals surface area contributed by atoms with Crippen LogP contribution in [0.2, 0.25) is 0 Å².